The summed E-state index contributed by atoms with van der Waals surface area (Å²) in [7, 11) is 0. The fraction of sp³-hybridized carbons (Fsp3) is 0.500. The molecule has 1 amide bonds. The monoisotopic (exact) mass is 355 g/mol. The first kappa shape index (κ1) is 18.2. The normalized spacial score (nSPS) is 17.4. The lowest BCUT2D eigenvalue weighted by molar-refractivity contribution is 0.102. The number of benzene rings is 1. The number of carbonyl (C=O) groups excluding carboxylic acids is 1. The standard InChI is InChI=1S/C22H29NOS/c1-14(2)16-8-6-7-9-19(16)23-21(24)18-13-25-20-12-15(22(3,4)5)10-11-17(18)20/h6-9,13-15H,10-12H2,1-5H3,(H,23,24). The Balaban J connectivity index is 1.81. The Labute approximate surface area is 155 Å². The number of nitrogens with one attached hydrogen (secondary N) is 1. The number of amides is 1. The van der Waals surface area contributed by atoms with Gasteiger partial charge in [0.15, 0.2) is 0 Å². The van der Waals surface area contributed by atoms with Crippen LogP contribution in [0.25, 0.3) is 0 Å². The number of para-hydroxylation sites is 1. The van der Waals surface area contributed by atoms with Crippen molar-refractivity contribution in [1.82, 2.24) is 0 Å². The van der Waals surface area contributed by atoms with E-state index in [1.807, 2.05) is 18.2 Å². The van der Waals surface area contributed by atoms with Crippen molar-refractivity contribution < 1.29 is 4.79 Å². The zero-order chi connectivity index (χ0) is 18.2. The third kappa shape index (κ3) is 3.82. The van der Waals surface area contributed by atoms with Crippen LogP contribution in [0, 0.1) is 11.3 Å². The summed E-state index contributed by atoms with van der Waals surface area (Å²) in [6.45, 7) is 11.3. The van der Waals surface area contributed by atoms with Crippen LogP contribution in [0.15, 0.2) is 29.6 Å². The molecule has 1 unspecified atom stereocenters. The van der Waals surface area contributed by atoms with Gasteiger partial charge in [-0.25, -0.2) is 0 Å². The third-order valence-corrected chi connectivity index (χ3v) is 6.51. The van der Waals surface area contributed by atoms with E-state index in [0.717, 1.165) is 24.1 Å². The van der Waals surface area contributed by atoms with Gasteiger partial charge in [-0.2, -0.15) is 0 Å². The van der Waals surface area contributed by atoms with Crippen molar-refractivity contribution in [1.29, 1.82) is 0 Å². The number of anilines is 1. The van der Waals surface area contributed by atoms with Crippen LogP contribution < -0.4 is 5.32 Å². The van der Waals surface area contributed by atoms with Crippen LogP contribution >= 0.6 is 11.3 Å². The lowest BCUT2D eigenvalue weighted by Gasteiger charge is -2.34. The second-order valence-corrected chi connectivity index (χ2v) is 9.52. The number of carbonyl (C=O) groups is 1. The van der Waals surface area contributed by atoms with E-state index in [0.29, 0.717) is 17.3 Å². The van der Waals surface area contributed by atoms with Crippen LogP contribution in [0.2, 0.25) is 0 Å². The third-order valence-electron chi connectivity index (χ3n) is 5.46. The van der Waals surface area contributed by atoms with E-state index in [1.165, 1.54) is 22.4 Å². The average molecular weight is 356 g/mol. The van der Waals surface area contributed by atoms with Crippen LogP contribution in [0.5, 0.6) is 0 Å². The van der Waals surface area contributed by atoms with Crippen LogP contribution in [0.1, 0.15) is 73.3 Å². The van der Waals surface area contributed by atoms with Crippen molar-refractivity contribution in [2.24, 2.45) is 11.3 Å². The summed E-state index contributed by atoms with van der Waals surface area (Å²) in [5.41, 5.74) is 4.62. The molecule has 0 spiro atoms. The van der Waals surface area contributed by atoms with Gasteiger partial charge in [0.25, 0.3) is 5.91 Å². The van der Waals surface area contributed by atoms with Crippen molar-refractivity contribution in [2.75, 3.05) is 5.32 Å². The van der Waals surface area contributed by atoms with E-state index in [1.54, 1.807) is 11.3 Å². The van der Waals surface area contributed by atoms with E-state index in [2.05, 4.69) is 51.4 Å². The molecule has 0 bridgehead atoms. The van der Waals surface area contributed by atoms with Crippen molar-refractivity contribution in [3.8, 4) is 0 Å². The summed E-state index contributed by atoms with van der Waals surface area (Å²) in [5, 5.41) is 5.21. The van der Waals surface area contributed by atoms with Crippen molar-refractivity contribution in [3.63, 3.8) is 0 Å². The topological polar surface area (TPSA) is 29.1 Å². The molecule has 1 aromatic heterocycles. The molecule has 0 saturated heterocycles. The first-order chi connectivity index (χ1) is 11.8. The molecule has 2 aromatic rings. The molecule has 3 rings (SSSR count). The number of hydrogen-bond acceptors (Lipinski definition) is 2. The Morgan fingerprint density at radius 3 is 2.64 bits per heavy atom. The molecule has 0 saturated carbocycles. The van der Waals surface area contributed by atoms with Gasteiger partial charge in [0.2, 0.25) is 0 Å². The molecule has 3 heteroatoms. The second-order valence-electron chi connectivity index (χ2n) is 8.55. The molecular formula is C22H29NOS. The van der Waals surface area contributed by atoms with Gasteiger partial charge in [0, 0.05) is 15.9 Å². The van der Waals surface area contributed by atoms with Gasteiger partial charge in [-0.3, -0.25) is 4.79 Å². The largest absolute Gasteiger partial charge is 0.322 e. The molecule has 1 aliphatic carbocycles. The molecular weight excluding hydrogens is 326 g/mol. The fourth-order valence-electron chi connectivity index (χ4n) is 3.75. The van der Waals surface area contributed by atoms with E-state index in [4.69, 9.17) is 0 Å². The lowest BCUT2D eigenvalue weighted by Crippen LogP contribution is -2.27. The summed E-state index contributed by atoms with van der Waals surface area (Å²) in [5.74, 6) is 1.14. The van der Waals surface area contributed by atoms with Gasteiger partial charge in [0.1, 0.15) is 0 Å². The van der Waals surface area contributed by atoms with E-state index in [9.17, 15) is 4.79 Å². The van der Waals surface area contributed by atoms with Crippen LogP contribution in [-0.4, -0.2) is 5.91 Å². The second kappa shape index (κ2) is 6.95. The molecule has 1 aliphatic rings. The fourth-order valence-corrected chi connectivity index (χ4v) is 4.91. The first-order valence-electron chi connectivity index (χ1n) is 9.27. The van der Waals surface area contributed by atoms with E-state index < -0.39 is 0 Å². The molecule has 0 fully saturated rings. The molecule has 1 aromatic carbocycles. The van der Waals surface area contributed by atoms with Gasteiger partial charge in [0.05, 0.1) is 5.56 Å². The van der Waals surface area contributed by atoms with Crippen molar-refractivity contribution in [3.05, 3.63) is 51.2 Å². The predicted molar refractivity (Wildman–Crippen MR) is 108 cm³/mol. The highest BCUT2D eigenvalue weighted by Gasteiger charge is 2.31. The zero-order valence-corrected chi connectivity index (χ0v) is 16.8. The quantitative estimate of drug-likeness (QED) is 0.690. The predicted octanol–water partition coefficient (Wildman–Crippen LogP) is 6.27. The summed E-state index contributed by atoms with van der Waals surface area (Å²) in [6, 6.07) is 8.11. The van der Waals surface area contributed by atoms with E-state index in [-0.39, 0.29) is 5.91 Å². The molecule has 1 N–H and O–H groups in total. The maximum absolute atomic E-state index is 12.9. The summed E-state index contributed by atoms with van der Waals surface area (Å²) >= 11 is 1.76. The molecule has 0 aliphatic heterocycles. The van der Waals surface area contributed by atoms with Gasteiger partial charge in [-0.15, -0.1) is 11.3 Å². The lowest BCUT2D eigenvalue weighted by atomic mass is 9.72. The van der Waals surface area contributed by atoms with E-state index >= 15 is 0 Å². The summed E-state index contributed by atoms with van der Waals surface area (Å²) < 4.78 is 0. The number of fused-ring (bicyclic) bond motifs is 1. The highest BCUT2D eigenvalue weighted by molar-refractivity contribution is 7.10. The molecule has 0 radical (unpaired) electrons. The zero-order valence-electron chi connectivity index (χ0n) is 16.0. The van der Waals surface area contributed by atoms with Crippen molar-refractivity contribution >= 4 is 22.9 Å². The highest BCUT2D eigenvalue weighted by Crippen LogP contribution is 2.40. The molecule has 25 heavy (non-hydrogen) atoms. The van der Waals surface area contributed by atoms with Crippen molar-refractivity contribution in [2.45, 2.75) is 59.8 Å². The Morgan fingerprint density at radius 1 is 1.24 bits per heavy atom. The molecule has 134 valence electrons. The average Bonchev–Trinajstić information content (AvgIpc) is 2.97. The maximum atomic E-state index is 12.9. The SMILES string of the molecule is CC(C)c1ccccc1NC(=O)c1csc2c1CCC(C(C)(C)C)C2. The maximum Gasteiger partial charge on any atom is 0.256 e. The van der Waals surface area contributed by atoms with Gasteiger partial charge >= 0.3 is 0 Å². The summed E-state index contributed by atoms with van der Waals surface area (Å²) in [4.78, 5) is 14.3. The van der Waals surface area contributed by atoms with Crippen LogP contribution in [-0.2, 0) is 12.8 Å². The van der Waals surface area contributed by atoms with Crippen LogP contribution in [0.3, 0.4) is 0 Å². The number of hydrogen-bond donors (Lipinski definition) is 1. The smallest absolute Gasteiger partial charge is 0.256 e. The van der Waals surface area contributed by atoms with Gasteiger partial charge < -0.3 is 5.32 Å². The van der Waals surface area contributed by atoms with Crippen LogP contribution in [0.4, 0.5) is 5.69 Å². The Bertz CT molecular complexity index is 767. The van der Waals surface area contributed by atoms with Gasteiger partial charge in [-0.1, -0.05) is 52.8 Å². The molecule has 2 nitrogen and oxygen atoms in total. The molecule has 1 heterocycles. The number of rotatable bonds is 3. The summed E-state index contributed by atoms with van der Waals surface area (Å²) in [6.07, 6.45) is 3.31. The Morgan fingerprint density at radius 2 is 1.96 bits per heavy atom. The minimum atomic E-state index is 0.0415. The first-order valence-corrected chi connectivity index (χ1v) is 10.1. The Kier molecular flexibility index (Phi) is 5.06. The van der Waals surface area contributed by atoms with Gasteiger partial charge in [-0.05, 0) is 53.7 Å². The highest BCUT2D eigenvalue weighted by atomic mass is 32.1. The minimum absolute atomic E-state index is 0.0415. The minimum Gasteiger partial charge on any atom is -0.322 e. The Hall–Kier alpha value is -1.61. The molecule has 1 atom stereocenters. The number of thiophene rings is 1.